The maximum absolute atomic E-state index is 12.4. The van der Waals surface area contributed by atoms with Crippen molar-refractivity contribution in [2.45, 2.75) is 26.2 Å². The summed E-state index contributed by atoms with van der Waals surface area (Å²) in [5.41, 5.74) is 0.580. The molecule has 1 aromatic carbocycles. The van der Waals surface area contributed by atoms with Gasteiger partial charge in [-0.15, -0.1) is 0 Å². The van der Waals surface area contributed by atoms with E-state index in [-0.39, 0.29) is 18.5 Å². The molecule has 0 aliphatic rings. The number of amides is 1. The summed E-state index contributed by atoms with van der Waals surface area (Å²) in [5, 5.41) is 8.86. The maximum Gasteiger partial charge on any atom is 0.335 e. The molecule has 0 aliphatic heterocycles. The van der Waals surface area contributed by atoms with E-state index in [4.69, 9.17) is 5.11 Å². The molecule has 1 N–H and O–H groups in total. The monoisotopic (exact) mass is 285 g/mol. The number of rotatable bonds is 7. The lowest BCUT2D eigenvalue weighted by atomic mass is 10.1. The van der Waals surface area contributed by atoms with Crippen LogP contribution in [-0.4, -0.2) is 41.4 Å². The minimum absolute atomic E-state index is 0.0752. The molecular formula is C14H17F2NO3. The number of carboxylic acids is 1. The normalized spacial score (nSPS) is 10.6. The lowest BCUT2D eigenvalue weighted by molar-refractivity contribution is -0.132. The van der Waals surface area contributed by atoms with Crippen molar-refractivity contribution in [3.8, 4) is 0 Å². The number of benzene rings is 1. The molecule has 1 rings (SSSR count). The number of alkyl halides is 2. The number of halogens is 2. The summed E-state index contributed by atoms with van der Waals surface area (Å²) in [5.74, 6) is -1.51. The van der Waals surface area contributed by atoms with Gasteiger partial charge in [0.2, 0.25) is 5.91 Å². The fourth-order valence-electron chi connectivity index (χ4n) is 1.86. The summed E-state index contributed by atoms with van der Waals surface area (Å²) in [7, 11) is 0. The van der Waals surface area contributed by atoms with Crippen LogP contribution in [0.1, 0.15) is 29.3 Å². The van der Waals surface area contributed by atoms with Crippen LogP contribution in [0, 0.1) is 0 Å². The number of aromatic carboxylic acids is 1. The summed E-state index contributed by atoms with van der Waals surface area (Å²) in [6, 6.07) is 5.94. The average molecular weight is 285 g/mol. The van der Waals surface area contributed by atoms with Crippen molar-refractivity contribution in [2.75, 3.05) is 13.1 Å². The Morgan fingerprint density at radius 2 is 2.05 bits per heavy atom. The Morgan fingerprint density at radius 3 is 2.60 bits per heavy atom. The van der Waals surface area contributed by atoms with Crippen molar-refractivity contribution < 1.29 is 23.5 Å². The zero-order chi connectivity index (χ0) is 15.1. The first-order valence-corrected chi connectivity index (χ1v) is 6.32. The Hall–Kier alpha value is -1.98. The first-order valence-electron chi connectivity index (χ1n) is 6.32. The highest BCUT2D eigenvalue weighted by Crippen LogP contribution is 2.09. The summed E-state index contributed by atoms with van der Waals surface area (Å²) in [6.45, 7) is 1.48. The first-order chi connectivity index (χ1) is 9.43. The minimum Gasteiger partial charge on any atom is -0.478 e. The molecule has 4 nitrogen and oxygen atoms in total. The quantitative estimate of drug-likeness (QED) is 0.837. The fourth-order valence-corrected chi connectivity index (χ4v) is 1.86. The molecule has 0 spiro atoms. The molecule has 0 saturated heterocycles. The van der Waals surface area contributed by atoms with Gasteiger partial charge in [0, 0.05) is 6.54 Å². The van der Waals surface area contributed by atoms with Crippen LogP contribution in [-0.2, 0) is 11.2 Å². The van der Waals surface area contributed by atoms with E-state index < -0.39 is 24.8 Å². The van der Waals surface area contributed by atoms with E-state index in [1.165, 1.54) is 18.2 Å². The first kappa shape index (κ1) is 16.1. The molecule has 6 heteroatoms. The van der Waals surface area contributed by atoms with E-state index in [1.54, 1.807) is 13.0 Å². The van der Waals surface area contributed by atoms with Crippen LogP contribution >= 0.6 is 0 Å². The van der Waals surface area contributed by atoms with Crippen LogP contribution < -0.4 is 0 Å². The Kier molecular flexibility index (Phi) is 6.09. The van der Waals surface area contributed by atoms with Gasteiger partial charge in [0.05, 0.1) is 18.5 Å². The van der Waals surface area contributed by atoms with Crippen LogP contribution in [0.4, 0.5) is 8.78 Å². The molecule has 0 radical (unpaired) electrons. The van der Waals surface area contributed by atoms with Gasteiger partial charge in [0.1, 0.15) is 0 Å². The average Bonchev–Trinajstić information content (AvgIpc) is 2.38. The van der Waals surface area contributed by atoms with Crippen molar-refractivity contribution in [2.24, 2.45) is 0 Å². The Morgan fingerprint density at radius 1 is 1.35 bits per heavy atom. The third kappa shape index (κ3) is 4.95. The van der Waals surface area contributed by atoms with E-state index in [9.17, 15) is 18.4 Å². The van der Waals surface area contributed by atoms with E-state index >= 15 is 0 Å². The van der Waals surface area contributed by atoms with Crippen LogP contribution in [0.15, 0.2) is 24.3 Å². The van der Waals surface area contributed by atoms with Gasteiger partial charge >= 0.3 is 5.97 Å². The Balaban J connectivity index is 2.76. The van der Waals surface area contributed by atoms with Crippen LogP contribution in [0.3, 0.4) is 0 Å². The lowest BCUT2D eigenvalue weighted by Gasteiger charge is -2.21. The maximum atomic E-state index is 12.4. The van der Waals surface area contributed by atoms with E-state index in [2.05, 4.69) is 0 Å². The highest BCUT2D eigenvalue weighted by molar-refractivity contribution is 5.88. The number of carbonyl (C=O) groups is 2. The standard InChI is InChI=1S/C14H17F2NO3/c1-2-6-17(9-12(15)16)13(18)8-10-4-3-5-11(7-10)14(19)20/h3-5,7,12H,2,6,8-9H2,1H3,(H,19,20). The van der Waals surface area contributed by atoms with Crippen molar-refractivity contribution in [3.63, 3.8) is 0 Å². The molecule has 0 atom stereocenters. The van der Waals surface area contributed by atoms with Gasteiger partial charge in [-0.2, -0.15) is 0 Å². The highest BCUT2D eigenvalue weighted by Gasteiger charge is 2.18. The zero-order valence-electron chi connectivity index (χ0n) is 11.2. The molecule has 20 heavy (non-hydrogen) atoms. The molecule has 1 aromatic rings. The van der Waals surface area contributed by atoms with Gasteiger partial charge in [-0.25, -0.2) is 13.6 Å². The smallest absolute Gasteiger partial charge is 0.335 e. The second kappa shape index (κ2) is 7.57. The predicted molar refractivity (Wildman–Crippen MR) is 70.0 cm³/mol. The van der Waals surface area contributed by atoms with Crippen molar-refractivity contribution in [1.29, 1.82) is 0 Å². The lowest BCUT2D eigenvalue weighted by Crippen LogP contribution is -2.36. The minimum atomic E-state index is -2.57. The number of carbonyl (C=O) groups excluding carboxylic acids is 1. The number of hydrogen-bond acceptors (Lipinski definition) is 2. The molecular weight excluding hydrogens is 268 g/mol. The Labute approximate surface area is 116 Å². The molecule has 0 unspecified atom stereocenters. The van der Waals surface area contributed by atoms with Crippen molar-refractivity contribution in [3.05, 3.63) is 35.4 Å². The van der Waals surface area contributed by atoms with E-state index in [0.29, 0.717) is 12.0 Å². The predicted octanol–water partition coefficient (Wildman–Crippen LogP) is 2.43. The summed E-state index contributed by atoms with van der Waals surface area (Å²) in [6.07, 6.45) is -2.06. The van der Waals surface area contributed by atoms with E-state index in [1.807, 2.05) is 0 Å². The zero-order valence-corrected chi connectivity index (χ0v) is 11.2. The third-order valence-electron chi connectivity index (χ3n) is 2.73. The molecule has 1 amide bonds. The summed E-state index contributed by atoms with van der Waals surface area (Å²) < 4.78 is 24.8. The molecule has 0 aromatic heterocycles. The fraction of sp³-hybridized carbons (Fsp3) is 0.429. The van der Waals surface area contributed by atoms with Crippen LogP contribution in [0.2, 0.25) is 0 Å². The number of carboxylic acid groups (broad SMARTS) is 1. The number of hydrogen-bond donors (Lipinski definition) is 1. The molecule has 0 aliphatic carbocycles. The second-order valence-electron chi connectivity index (χ2n) is 4.41. The van der Waals surface area contributed by atoms with Gasteiger partial charge in [-0.05, 0) is 24.1 Å². The summed E-state index contributed by atoms with van der Waals surface area (Å²) >= 11 is 0. The third-order valence-corrected chi connectivity index (χ3v) is 2.73. The summed E-state index contributed by atoms with van der Waals surface area (Å²) in [4.78, 5) is 23.9. The topological polar surface area (TPSA) is 57.6 Å². The number of nitrogens with zero attached hydrogens (tertiary/aromatic N) is 1. The molecule has 0 saturated carbocycles. The van der Waals surface area contributed by atoms with Gasteiger partial charge in [0.15, 0.2) is 0 Å². The second-order valence-corrected chi connectivity index (χ2v) is 4.41. The molecule has 110 valence electrons. The van der Waals surface area contributed by atoms with Crippen molar-refractivity contribution >= 4 is 11.9 Å². The van der Waals surface area contributed by atoms with Crippen LogP contribution in [0.5, 0.6) is 0 Å². The van der Waals surface area contributed by atoms with Crippen molar-refractivity contribution in [1.82, 2.24) is 4.90 Å². The van der Waals surface area contributed by atoms with Gasteiger partial charge in [-0.1, -0.05) is 19.1 Å². The highest BCUT2D eigenvalue weighted by atomic mass is 19.3. The van der Waals surface area contributed by atoms with Crippen LogP contribution in [0.25, 0.3) is 0 Å². The Bertz CT molecular complexity index is 477. The largest absolute Gasteiger partial charge is 0.478 e. The molecule has 0 heterocycles. The van der Waals surface area contributed by atoms with Gasteiger partial charge < -0.3 is 10.0 Å². The van der Waals surface area contributed by atoms with Gasteiger partial charge in [-0.3, -0.25) is 4.79 Å². The molecule has 0 fully saturated rings. The van der Waals surface area contributed by atoms with Gasteiger partial charge in [0.25, 0.3) is 6.43 Å². The van der Waals surface area contributed by atoms with E-state index in [0.717, 1.165) is 4.90 Å². The molecule has 0 bridgehead atoms. The SMILES string of the molecule is CCCN(CC(F)F)C(=O)Cc1cccc(C(=O)O)c1.